The molecular formula is C19H22FN3O. The Morgan fingerprint density at radius 1 is 1.08 bits per heavy atom. The van der Waals surface area contributed by atoms with Gasteiger partial charge in [-0.25, -0.2) is 4.39 Å². The molecule has 1 atom stereocenters. The van der Waals surface area contributed by atoms with Crippen molar-refractivity contribution in [2.45, 2.75) is 25.8 Å². The minimum Gasteiger partial charge on any atom is -0.374 e. The Morgan fingerprint density at radius 3 is 2.42 bits per heavy atom. The van der Waals surface area contributed by atoms with Crippen LogP contribution in [0, 0.1) is 5.82 Å². The van der Waals surface area contributed by atoms with E-state index < -0.39 is 11.9 Å². The highest BCUT2D eigenvalue weighted by Gasteiger charge is 2.15. The molecule has 2 N–H and O–H groups in total. The Hall–Kier alpha value is -2.56. The Labute approximate surface area is 141 Å². The zero-order valence-electron chi connectivity index (χ0n) is 13.8. The fourth-order valence-electron chi connectivity index (χ4n) is 2.86. The molecule has 126 valence electrons. The Bertz CT molecular complexity index is 696. The lowest BCUT2D eigenvalue weighted by Crippen LogP contribution is -2.32. The Morgan fingerprint density at radius 2 is 1.75 bits per heavy atom. The summed E-state index contributed by atoms with van der Waals surface area (Å²) in [6, 6.07) is 13.8. The predicted octanol–water partition coefficient (Wildman–Crippen LogP) is 3.87. The molecule has 4 nitrogen and oxygen atoms in total. The second kappa shape index (κ2) is 7.34. The Balaban J connectivity index is 1.58. The smallest absolute Gasteiger partial charge is 0.246 e. The van der Waals surface area contributed by atoms with Gasteiger partial charge in [-0.3, -0.25) is 4.79 Å². The van der Waals surface area contributed by atoms with E-state index in [1.54, 1.807) is 25.1 Å². The predicted molar refractivity (Wildman–Crippen MR) is 96.0 cm³/mol. The second-order valence-electron chi connectivity index (χ2n) is 6.08. The first-order chi connectivity index (χ1) is 11.6. The number of carbonyl (C=O) groups excluding carboxylic acids is 1. The molecule has 5 heteroatoms. The van der Waals surface area contributed by atoms with E-state index in [0.29, 0.717) is 0 Å². The van der Waals surface area contributed by atoms with Crippen LogP contribution in [0.1, 0.15) is 19.8 Å². The van der Waals surface area contributed by atoms with Crippen LogP contribution in [0.2, 0.25) is 0 Å². The van der Waals surface area contributed by atoms with Crippen molar-refractivity contribution in [3.05, 3.63) is 54.3 Å². The first kappa shape index (κ1) is 16.3. The van der Waals surface area contributed by atoms with Crippen molar-refractivity contribution >= 4 is 23.0 Å². The van der Waals surface area contributed by atoms with E-state index in [0.717, 1.165) is 18.8 Å². The molecule has 1 fully saturated rings. The van der Waals surface area contributed by atoms with Gasteiger partial charge in [-0.1, -0.05) is 12.1 Å². The molecule has 0 spiro atoms. The van der Waals surface area contributed by atoms with E-state index in [1.165, 1.54) is 24.6 Å². The van der Waals surface area contributed by atoms with E-state index in [9.17, 15) is 9.18 Å². The van der Waals surface area contributed by atoms with Gasteiger partial charge in [0.1, 0.15) is 11.9 Å². The maximum absolute atomic E-state index is 13.6. The zero-order chi connectivity index (χ0) is 16.9. The lowest BCUT2D eigenvalue weighted by molar-refractivity contribution is -0.116. The van der Waals surface area contributed by atoms with Gasteiger partial charge < -0.3 is 15.5 Å². The molecule has 1 aliphatic heterocycles. The van der Waals surface area contributed by atoms with Gasteiger partial charge in [0.25, 0.3) is 0 Å². The van der Waals surface area contributed by atoms with Crippen LogP contribution in [-0.4, -0.2) is 25.0 Å². The van der Waals surface area contributed by atoms with Gasteiger partial charge in [0.05, 0.1) is 5.69 Å². The van der Waals surface area contributed by atoms with Crippen LogP contribution in [0.15, 0.2) is 48.5 Å². The van der Waals surface area contributed by atoms with Gasteiger partial charge in [0.2, 0.25) is 5.91 Å². The fraction of sp³-hybridized carbons (Fsp3) is 0.316. The van der Waals surface area contributed by atoms with Gasteiger partial charge in [0.15, 0.2) is 0 Å². The van der Waals surface area contributed by atoms with Crippen molar-refractivity contribution in [2.75, 3.05) is 28.6 Å². The molecule has 24 heavy (non-hydrogen) atoms. The maximum Gasteiger partial charge on any atom is 0.246 e. The molecule has 1 amide bonds. The summed E-state index contributed by atoms with van der Waals surface area (Å²) in [7, 11) is 0. The molecule has 2 aromatic rings. The van der Waals surface area contributed by atoms with Crippen molar-refractivity contribution in [1.82, 2.24) is 0 Å². The van der Waals surface area contributed by atoms with Crippen LogP contribution in [-0.2, 0) is 4.79 Å². The third-order valence-electron chi connectivity index (χ3n) is 4.25. The summed E-state index contributed by atoms with van der Waals surface area (Å²) in [5, 5.41) is 5.75. The number of benzene rings is 2. The monoisotopic (exact) mass is 327 g/mol. The van der Waals surface area contributed by atoms with Crippen LogP contribution in [0.3, 0.4) is 0 Å². The third-order valence-corrected chi connectivity index (χ3v) is 4.25. The summed E-state index contributed by atoms with van der Waals surface area (Å²) >= 11 is 0. The number of nitrogens with one attached hydrogen (secondary N) is 2. The maximum atomic E-state index is 13.6. The lowest BCUT2D eigenvalue weighted by atomic mass is 10.2. The SMILES string of the molecule is C[C@@H](Nc1ccc(N2CCCC2)cc1)C(=O)Nc1ccccc1F. The van der Waals surface area contributed by atoms with Crippen LogP contribution in [0.4, 0.5) is 21.5 Å². The number of anilines is 3. The number of hydrogen-bond donors (Lipinski definition) is 2. The van der Waals surface area contributed by atoms with Crippen molar-refractivity contribution in [2.24, 2.45) is 0 Å². The van der Waals surface area contributed by atoms with Crippen LogP contribution in [0.25, 0.3) is 0 Å². The van der Waals surface area contributed by atoms with Crippen molar-refractivity contribution in [3.8, 4) is 0 Å². The molecular weight excluding hydrogens is 305 g/mol. The fourth-order valence-corrected chi connectivity index (χ4v) is 2.86. The van der Waals surface area contributed by atoms with Gasteiger partial charge >= 0.3 is 0 Å². The first-order valence-corrected chi connectivity index (χ1v) is 8.30. The average molecular weight is 327 g/mol. The minimum absolute atomic E-state index is 0.195. The summed E-state index contributed by atoms with van der Waals surface area (Å²) in [5.74, 6) is -0.711. The second-order valence-corrected chi connectivity index (χ2v) is 6.08. The third kappa shape index (κ3) is 3.85. The van der Waals surface area contributed by atoms with Gasteiger partial charge in [-0.2, -0.15) is 0 Å². The lowest BCUT2D eigenvalue weighted by Gasteiger charge is -2.19. The molecule has 1 heterocycles. The molecule has 1 aliphatic rings. The topological polar surface area (TPSA) is 44.4 Å². The largest absolute Gasteiger partial charge is 0.374 e. The molecule has 0 bridgehead atoms. The molecule has 2 aromatic carbocycles. The van der Waals surface area contributed by atoms with E-state index in [4.69, 9.17) is 0 Å². The molecule has 0 aromatic heterocycles. The number of hydrogen-bond acceptors (Lipinski definition) is 3. The quantitative estimate of drug-likeness (QED) is 0.876. The summed E-state index contributed by atoms with van der Waals surface area (Å²) < 4.78 is 13.6. The van der Waals surface area contributed by atoms with E-state index >= 15 is 0 Å². The molecule has 0 saturated carbocycles. The summed E-state index contributed by atoms with van der Waals surface area (Å²) in [5.41, 5.74) is 2.27. The number of amides is 1. The highest BCUT2D eigenvalue weighted by Crippen LogP contribution is 2.22. The summed E-state index contributed by atoms with van der Waals surface area (Å²) in [6.07, 6.45) is 2.49. The number of halogens is 1. The molecule has 0 radical (unpaired) electrons. The molecule has 3 rings (SSSR count). The van der Waals surface area contributed by atoms with Crippen LogP contribution >= 0.6 is 0 Å². The molecule has 1 saturated heterocycles. The number of nitrogens with zero attached hydrogens (tertiary/aromatic N) is 1. The van der Waals surface area contributed by atoms with Crippen molar-refractivity contribution < 1.29 is 9.18 Å². The number of rotatable bonds is 5. The zero-order valence-corrected chi connectivity index (χ0v) is 13.8. The number of carbonyl (C=O) groups is 1. The Kier molecular flexibility index (Phi) is 4.99. The van der Waals surface area contributed by atoms with Crippen LogP contribution in [0.5, 0.6) is 0 Å². The van der Waals surface area contributed by atoms with Gasteiger partial charge in [-0.15, -0.1) is 0 Å². The van der Waals surface area contributed by atoms with Gasteiger partial charge in [-0.05, 0) is 56.2 Å². The van der Waals surface area contributed by atoms with Crippen molar-refractivity contribution in [1.29, 1.82) is 0 Å². The summed E-state index contributed by atoms with van der Waals surface area (Å²) in [4.78, 5) is 14.6. The average Bonchev–Trinajstić information content (AvgIpc) is 3.12. The molecule has 0 aliphatic carbocycles. The highest BCUT2D eigenvalue weighted by atomic mass is 19.1. The summed E-state index contributed by atoms with van der Waals surface area (Å²) in [6.45, 7) is 3.97. The first-order valence-electron chi connectivity index (χ1n) is 8.30. The molecule has 0 unspecified atom stereocenters. The van der Waals surface area contributed by atoms with Gasteiger partial charge in [0, 0.05) is 24.5 Å². The minimum atomic E-state index is -0.470. The van der Waals surface area contributed by atoms with E-state index in [1.807, 2.05) is 12.1 Å². The number of para-hydroxylation sites is 1. The van der Waals surface area contributed by atoms with Crippen molar-refractivity contribution in [3.63, 3.8) is 0 Å². The van der Waals surface area contributed by atoms with E-state index in [-0.39, 0.29) is 11.6 Å². The van der Waals surface area contributed by atoms with Crippen LogP contribution < -0.4 is 15.5 Å². The normalized spacial score (nSPS) is 15.2. The highest BCUT2D eigenvalue weighted by molar-refractivity contribution is 5.96. The standard InChI is InChI=1S/C19H22FN3O/c1-14(19(24)22-18-7-3-2-6-17(18)20)21-15-8-10-16(11-9-15)23-12-4-5-13-23/h2-3,6-11,14,21H,4-5,12-13H2,1H3,(H,22,24)/t14-/m1/s1. The van der Waals surface area contributed by atoms with E-state index in [2.05, 4.69) is 27.7 Å².